The average molecular weight is 311 g/mol. The molecular weight excluding hydrogens is 288 g/mol. The van der Waals surface area contributed by atoms with Gasteiger partial charge in [0.2, 0.25) is 5.91 Å². The first kappa shape index (κ1) is 16.3. The molecule has 2 N–H and O–H groups in total. The molecule has 0 saturated carbocycles. The van der Waals surface area contributed by atoms with Crippen LogP contribution in [0.5, 0.6) is 0 Å². The van der Waals surface area contributed by atoms with Gasteiger partial charge in [-0.2, -0.15) is 0 Å². The van der Waals surface area contributed by atoms with Gasteiger partial charge in [0.05, 0.1) is 5.41 Å². The number of carbonyl (C=O) groups is 1. The highest BCUT2D eigenvalue weighted by Crippen LogP contribution is 2.38. The molecule has 1 aromatic rings. The molecule has 0 aromatic heterocycles. The summed E-state index contributed by atoms with van der Waals surface area (Å²) in [6, 6.07) is 7.63. The van der Waals surface area contributed by atoms with Crippen molar-refractivity contribution in [1.82, 2.24) is 10.6 Å². The van der Waals surface area contributed by atoms with Gasteiger partial charge < -0.3 is 15.4 Å². The minimum absolute atomic E-state index is 0.0526. The van der Waals surface area contributed by atoms with Gasteiger partial charge in [0, 0.05) is 31.3 Å². The number of benzene rings is 1. The molecule has 0 aliphatic carbocycles. The van der Waals surface area contributed by atoms with Gasteiger partial charge >= 0.3 is 0 Å². The molecule has 0 unspecified atom stereocenters. The SMILES string of the molecule is CCNCCNC(=O)C1(c2ccccc2Cl)CCOCC1. The summed E-state index contributed by atoms with van der Waals surface area (Å²) in [7, 11) is 0. The van der Waals surface area contributed by atoms with Gasteiger partial charge in [0.1, 0.15) is 0 Å². The number of hydrogen-bond acceptors (Lipinski definition) is 3. The quantitative estimate of drug-likeness (QED) is 0.791. The molecule has 1 aromatic carbocycles. The normalized spacial score (nSPS) is 17.4. The molecule has 21 heavy (non-hydrogen) atoms. The number of carbonyl (C=O) groups excluding carboxylic acids is 1. The Kier molecular flexibility index (Phi) is 6.03. The highest BCUT2D eigenvalue weighted by atomic mass is 35.5. The van der Waals surface area contributed by atoms with Gasteiger partial charge in [-0.15, -0.1) is 0 Å². The molecule has 1 aliphatic heterocycles. The molecule has 1 heterocycles. The van der Waals surface area contributed by atoms with Crippen molar-refractivity contribution in [3.05, 3.63) is 34.9 Å². The third-order valence-corrected chi connectivity index (χ3v) is 4.34. The zero-order chi connectivity index (χ0) is 15.1. The Morgan fingerprint density at radius 3 is 2.67 bits per heavy atom. The summed E-state index contributed by atoms with van der Waals surface area (Å²) >= 11 is 6.34. The predicted molar refractivity (Wildman–Crippen MR) is 84.7 cm³/mol. The van der Waals surface area contributed by atoms with E-state index < -0.39 is 5.41 Å². The third-order valence-electron chi connectivity index (χ3n) is 4.01. The van der Waals surface area contributed by atoms with Crippen LogP contribution in [0.15, 0.2) is 24.3 Å². The topological polar surface area (TPSA) is 50.4 Å². The maximum Gasteiger partial charge on any atom is 0.230 e. The van der Waals surface area contributed by atoms with E-state index in [9.17, 15) is 4.79 Å². The van der Waals surface area contributed by atoms with Crippen LogP contribution in [0.25, 0.3) is 0 Å². The summed E-state index contributed by atoms with van der Waals surface area (Å²) in [6.45, 7) is 5.53. The lowest BCUT2D eigenvalue weighted by Crippen LogP contribution is -2.49. The molecule has 1 amide bonds. The van der Waals surface area contributed by atoms with Gasteiger partial charge in [-0.25, -0.2) is 0 Å². The Labute approximate surface area is 131 Å². The molecule has 1 aliphatic rings. The summed E-state index contributed by atoms with van der Waals surface area (Å²) in [4.78, 5) is 12.8. The first-order valence-corrected chi connectivity index (χ1v) is 7.90. The Morgan fingerprint density at radius 2 is 2.00 bits per heavy atom. The first-order chi connectivity index (χ1) is 10.2. The Morgan fingerprint density at radius 1 is 1.29 bits per heavy atom. The fraction of sp³-hybridized carbons (Fsp3) is 0.562. The van der Waals surface area contributed by atoms with E-state index in [4.69, 9.17) is 16.3 Å². The summed E-state index contributed by atoms with van der Waals surface area (Å²) in [6.07, 6.45) is 1.34. The monoisotopic (exact) mass is 310 g/mol. The second-order valence-corrected chi connectivity index (χ2v) is 5.69. The van der Waals surface area contributed by atoms with Crippen molar-refractivity contribution in [1.29, 1.82) is 0 Å². The van der Waals surface area contributed by atoms with E-state index in [0.717, 1.165) is 18.7 Å². The van der Waals surface area contributed by atoms with Crippen LogP contribution in [0.4, 0.5) is 0 Å². The van der Waals surface area contributed by atoms with E-state index in [1.54, 1.807) is 0 Å². The van der Waals surface area contributed by atoms with Gasteiger partial charge in [-0.1, -0.05) is 36.7 Å². The van der Waals surface area contributed by atoms with Crippen LogP contribution in [-0.4, -0.2) is 38.8 Å². The lowest BCUT2D eigenvalue weighted by atomic mass is 9.73. The van der Waals surface area contributed by atoms with E-state index in [0.29, 0.717) is 37.6 Å². The molecule has 5 heteroatoms. The van der Waals surface area contributed by atoms with Crippen molar-refractivity contribution in [2.75, 3.05) is 32.8 Å². The Hall–Kier alpha value is -1.10. The average Bonchev–Trinajstić information content (AvgIpc) is 2.52. The molecule has 4 nitrogen and oxygen atoms in total. The van der Waals surface area contributed by atoms with Crippen molar-refractivity contribution in [2.45, 2.75) is 25.2 Å². The molecule has 2 rings (SSSR count). The lowest BCUT2D eigenvalue weighted by molar-refractivity contribution is -0.130. The second kappa shape index (κ2) is 7.78. The molecule has 0 spiro atoms. The number of amides is 1. The zero-order valence-electron chi connectivity index (χ0n) is 12.5. The van der Waals surface area contributed by atoms with Gasteiger partial charge in [0.25, 0.3) is 0 Å². The van der Waals surface area contributed by atoms with Crippen molar-refractivity contribution in [3.8, 4) is 0 Å². The van der Waals surface area contributed by atoms with E-state index >= 15 is 0 Å². The van der Waals surface area contributed by atoms with E-state index in [1.165, 1.54) is 0 Å². The number of likely N-dealkylation sites (N-methyl/N-ethyl adjacent to an activating group) is 1. The summed E-state index contributed by atoms with van der Waals surface area (Å²) in [5.41, 5.74) is 0.346. The van der Waals surface area contributed by atoms with Crippen LogP contribution < -0.4 is 10.6 Å². The fourth-order valence-corrected chi connectivity index (χ4v) is 3.11. The van der Waals surface area contributed by atoms with Crippen molar-refractivity contribution >= 4 is 17.5 Å². The maximum atomic E-state index is 12.8. The lowest BCUT2D eigenvalue weighted by Gasteiger charge is -2.36. The maximum absolute atomic E-state index is 12.8. The van der Waals surface area contributed by atoms with Gasteiger partial charge in [0.15, 0.2) is 0 Å². The largest absolute Gasteiger partial charge is 0.381 e. The predicted octanol–water partition coefficient (Wildman–Crippen LogP) is 2.11. The molecule has 0 radical (unpaired) electrons. The fourth-order valence-electron chi connectivity index (χ4n) is 2.80. The minimum Gasteiger partial charge on any atom is -0.381 e. The minimum atomic E-state index is -0.567. The first-order valence-electron chi connectivity index (χ1n) is 7.52. The summed E-state index contributed by atoms with van der Waals surface area (Å²) in [5.74, 6) is 0.0526. The molecule has 116 valence electrons. The van der Waals surface area contributed by atoms with Gasteiger partial charge in [-0.05, 0) is 31.0 Å². The van der Waals surface area contributed by atoms with Crippen molar-refractivity contribution in [3.63, 3.8) is 0 Å². The molecule has 0 atom stereocenters. The molecule has 1 saturated heterocycles. The van der Waals surface area contributed by atoms with Crippen LogP contribution in [0.2, 0.25) is 5.02 Å². The number of halogens is 1. The van der Waals surface area contributed by atoms with Crippen LogP contribution in [-0.2, 0) is 14.9 Å². The highest BCUT2D eigenvalue weighted by Gasteiger charge is 2.42. The van der Waals surface area contributed by atoms with E-state index in [-0.39, 0.29) is 5.91 Å². The Bertz CT molecular complexity index is 473. The molecular formula is C16H23ClN2O2. The van der Waals surface area contributed by atoms with Crippen LogP contribution in [0.3, 0.4) is 0 Å². The van der Waals surface area contributed by atoms with Crippen LogP contribution in [0.1, 0.15) is 25.3 Å². The van der Waals surface area contributed by atoms with Crippen molar-refractivity contribution < 1.29 is 9.53 Å². The van der Waals surface area contributed by atoms with Crippen LogP contribution in [0, 0.1) is 0 Å². The zero-order valence-corrected chi connectivity index (χ0v) is 13.2. The van der Waals surface area contributed by atoms with E-state index in [2.05, 4.69) is 10.6 Å². The van der Waals surface area contributed by atoms with E-state index in [1.807, 2.05) is 31.2 Å². The number of hydrogen-bond donors (Lipinski definition) is 2. The number of rotatable bonds is 6. The second-order valence-electron chi connectivity index (χ2n) is 5.28. The Balaban J connectivity index is 2.17. The smallest absolute Gasteiger partial charge is 0.230 e. The number of nitrogens with one attached hydrogen (secondary N) is 2. The van der Waals surface area contributed by atoms with Crippen LogP contribution >= 0.6 is 11.6 Å². The summed E-state index contributed by atoms with van der Waals surface area (Å²) in [5, 5.41) is 6.90. The van der Waals surface area contributed by atoms with Crippen molar-refractivity contribution in [2.24, 2.45) is 0 Å². The van der Waals surface area contributed by atoms with Gasteiger partial charge in [-0.3, -0.25) is 4.79 Å². The molecule has 1 fully saturated rings. The standard InChI is InChI=1S/C16H23ClN2O2/c1-2-18-9-10-19-15(20)16(7-11-21-12-8-16)13-5-3-4-6-14(13)17/h3-6,18H,2,7-12H2,1H3,(H,19,20). The number of ether oxygens (including phenoxy) is 1. The highest BCUT2D eigenvalue weighted by molar-refractivity contribution is 6.31. The third kappa shape index (κ3) is 3.76. The molecule has 0 bridgehead atoms. The summed E-state index contributed by atoms with van der Waals surface area (Å²) < 4.78 is 5.44.